The number of aliphatic imine (C=N–C) groups is 1. The second-order valence-corrected chi connectivity index (χ2v) is 5.84. The van der Waals surface area contributed by atoms with E-state index in [1.165, 1.54) is 12.8 Å². The molecule has 2 saturated heterocycles. The second kappa shape index (κ2) is 4.84. The standard InChI is InChI=1S/C13H25N3O/c1-4-9(2)16-12(14)15-8-13(3)7-10-5-6-11(13)17-10/h9-11H,4-8H2,1-3H3,(H3,14,15,16). The van der Waals surface area contributed by atoms with Gasteiger partial charge in [-0.05, 0) is 32.6 Å². The van der Waals surface area contributed by atoms with Gasteiger partial charge in [-0.1, -0.05) is 13.8 Å². The van der Waals surface area contributed by atoms with Crippen LogP contribution in [0.2, 0.25) is 0 Å². The fourth-order valence-corrected chi connectivity index (χ4v) is 2.85. The SMILES string of the molecule is CCC(C)NC(N)=NCC1(C)CC2CCC1O2. The lowest BCUT2D eigenvalue weighted by molar-refractivity contribution is 0.0706. The quantitative estimate of drug-likeness (QED) is 0.579. The topological polar surface area (TPSA) is 59.6 Å². The highest BCUT2D eigenvalue weighted by atomic mass is 16.5. The Hall–Kier alpha value is -0.770. The summed E-state index contributed by atoms with van der Waals surface area (Å²) in [5.74, 6) is 0.573. The van der Waals surface area contributed by atoms with Crippen molar-refractivity contribution in [2.24, 2.45) is 16.1 Å². The van der Waals surface area contributed by atoms with E-state index in [2.05, 4.69) is 31.1 Å². The monoisotopic (exact) mass is 239 g/mol. The first-order valence-corrected chi connectivity index (χ1v) is 6.75. The van der Waals surface area contributed by atoms with Gasteiger partial charge < -0.3 is 15.8 Å². The molecular weight excluding hydrogens is 214 g/mol. The fraction of sp³-hybridized carbons (Fsp3) is 0.923. The average Bonchev–Trinajstić information content (AvgIpc) is 2.86. The van der Waals surface area contributed by atoms with Crippen LogP contribution >= 0.6 is 0 Å². The molecule has 4 heteroatoms. The summed E-state index contributed by atoms with van der Waals surface area (Å²) < 4.78 is 5.89. The smallest absolute Gasteiger partial charge is 0.188 e. The van der Waals surface area contributed by atoms with Crippen LogP contribution in [0.3, 0.4) is 0 Å². The van der Waals surface area contributed by atoms with Crippen molar-refractivity contribution in [3.63, 3.8) is 0 Å². The number of hydrogen-bond donors (Lipinski definition) is 2. The predicted molar refractivity (Wildman–Crippen MR) is 70.0 cm³/mol. The number of hydrogen-bond acceptors (Lipinski definition) is 2. The minimum atomic E-state index is 0.199. The Kier molecular flexibility index (Phi) is 3.61. The highest BCUT2D eigenvalue weighted by Gasteiger charge is 2.49. The normalized spacial score (nSPS) is 38.4. The summed E-state index contributed by atoms with van der Waals surface area (Å²) >= 11 is 0. The maximum Gasteiger partial charge on any atom is 0.188 e. The predicted octanol–water partition coefficient (Wildman–Crippen LogP) is 1.65. The minimum absolute atomic E-state index is 0.199. The first-order valence-electron chi connectivity index (χ1n) is 6.75. The molecule has 0 aromatic heterocycles. The van der Waals surface area contributed by atoms with E-state index in [0.29, 0.717) is 24.2 Å². The summed E-state index contributed by atoms with van der Waals surface area (Å²) in [5.41, 5.74) is 6.08. The summed E-state index contributed by atoms with van der Waals surface area (Å²) in [7, 11) is 0. The molecule has 0 amide bonds. The number of nitrogens with zero attached hydrogens (tertiary/aromatic N) is 1. The van der Waals surface area contributed by atoms with Crippen molar-refractivity contribution in [1.82, 2.24) is 5.32 Å². The van der Waals surface area contributed by atoms with Crippen LogP contribution in [0.15, 0.2) is 4.99 Å². The Morgan fingerprint density at radius 2 is 2.35 bits per heavy atom. The van der Waals surface area contributed by atoms with E-state index in [4.69, 9.17) is 10.5 Å². The lowest BCUT2D eigenvalue weighted by Crippen LogP contribution is -2.40. The van der Waals surface area contributed by atoms with Crippen molar-refractivity contribution in [1.29, 1.82) is 0 Å². The van der Waals surface area contributed by atoms with Crippen LogP contribution in [-0.4, -0.2) is 30.8 Å². The summed E-state index contributed by atoms with van der Waals surface area (Å²) in [6.07, 6.45) is 5.48. The Morgan fingerprint density at radius 3 is 2.88 bits per heavy atom. The highest BCUT2D eigenvalue weighted by Crippen LogP contribution is 2.47. The first kappa shape index (κ1) is 12.7. The molecule has 0 aromatic rings. The second-order valence-electron chi connectivity index (χ2n) is 5.84. The van der Waals surface area contributed by atoms with Crippen molar-refractivity contribution in [3.8, 4) is 0 Å². The lowest BCUT2D eigenvalue weighted by atomic mass is 9.76. The minimum Gasteiger partial charge on any atom is -0.374 e. The zero-order valence-electron chi connectivity index (χ0n) is 11.2. The molecule has 4 atom stereocenters. The summed E-state index contributed by atoms with van der Waals surface area (Å²) in [5, 5.41) is 3.20. The molecule has 2 fully saturated rings. The maximum atomic E-state index is 5.89. The van der Waals surface area contributed by atoms with Crippen molar-refractivity contribution >= 4 is 5.96 Å². The van der Waals surface area contributed by atoms with E-state index >= 15 is 0 Å². The zero-order chi connectivity index (χ0) is 12.5. The molecule has 0 aromatic carbocycles. The van der Waals surface area contributed by atoms with Crippen LogP contribution in [0.1, 0.15) is 46.5 Å². The average molecular weight is 239 g/mol. The summed E-state index contributed by atoms with van der Waals surface area (Å²) in [6.45, 7) is 7.31. The van der Waals surface area contributed by atoms with Gasteiger partial charge in [-0.25, -0.2) is 0 Å². The number of rotatable bonds is 4. The Morgan fingerprint density at radius 1 is 1.59 bits per heavy atom. The van der Waals surface area contributed by atoms with E-state index < -0.39 is 0 Å². The van der Waals surface area contributed by atoms with E-state index in [-0.39, 0.29) is 5.41 Å². The third kappa shape index (κ3) is 2.73. The number of fused-ring (bicyclic) bond motifs is 2. The van der Waals surface area contributed by atoms with Crippen molar-refractivity contribution in [2.45, 2.75) is 64.7 Å². The van der Waals surface area contributed by atoms with Gasteiger partial charge in [0.15, 0.2) is 5.96 Å². The number of nitrogens with one attached hydrogen (secondary N) is 1. The zero-order valence-corrected chi connectivity index (χ0v) is 11.2. The largest absolute Gasteiger partial charge is 0.374 e. The van der Waals surface area contributed by atoms with Gasteiger partial charge in [-0.15, -0.1) is 0 Å². The van der Waals surface area contributed by atoms with Gasteiger partial charge in [-0.3, -0.25) is 4.99 Å². The fourth-order valence-electron chi connectivity index (χ4n) is 2.85. The first-order chi connectivity index (χ1) is 8.03. The molecule has 2 heterocycles. The number of nitrogens with two attached hydrogens (primary N) is 1. The molecule has 98 valence electrons. The van der Waals surface area contributed by atoms with Gasteiger partial charge in [0.25, 0.3) is 0 Å². The van der Waals surface area contributed by atoms with E-state index in [1.807, 2.05) is 0 Å². The summed E-state index contributed by atoms with van der Waals surface area (Å²) in [4.78, 5) is 4.49. The van der Waals surface area contributed by atoms with E-state index in [9.17, 15) is 0 Å². The van der Waals surface area contributed by atoms with Crippen LogP contribution in [0, 0.1) is 5.41 Å². The molecule has 0 saturated carbocycles. The molecule has 0 spiro atoms. The molecule has 3 N–H and O–H groups in total. The molecular formula is C13H25N3O. The molecule has 17 heavy (non-hydrogen) atoms. The van der Waals surface area contributed by atoms with Gasteiger partial charge in [0.05, 0.1) is 18.8 Å². The summed E-state index contributed by atoms with van der Waals surface area (Å²) in [6, 6.07) is 0.392. The van der Waals surface area contributed by atoms with Crippen molar-refractivity contribution in [2.75, 3.05) is 6.54 Å². The maximum absolute atomic E-state index is 5.89. The van der Waals surface area contributed by atoms with Crippen molar-refractivity contribution in [3.05, 3.63) is 0 Å². The van der Waals surface area contributed by atoms with Crippen LogP contribution in [-0.2, 0) is 4.74 Å². The Labute approximate surface area is 104 Å². The molecule has 2 aliphatic heterocycles. The molecule has 2 rings (SSSR count). The Bertz CT molecular complexity index is 305. The molecule has 2 bridgehead atoms. The Balaban J connectivity index is 1.87. The molecule has 0 aliphatic carbocycles. The van der Waals surface area contributed by atoms with Gasteiger partial charge in [0.2, 0.25) is 0 Å². The van der Waals surface area contributed by atoms with E-state index in [0.717, 1.165) is 19.4 Å². The number of ether oxygens (including phenoxy) is 1. The molecule has 2 aliphatic rings. The molecule has 4 nitrogen and oxygen atoms in total. The van der Waals surface area contributed by atoms with E-state index in [1.54, 1.807) is 0 Å². The highest BCUT2D eigenvalue weighted by molar-refractivity contribution is 5.78. The molecule has 0 radical (unpaired) electrons. The number of guanidine groups is 1. The van der Waals surface area contributed by atoms with Gasteiger partial charge in [-0.2, -0.15) is 0 Å². The lowest BCUT2D eigenvalue weighted by Gasteiger charge is -2.29. The van der Waals surface area contributed by atoms with Gasteiger partial charge >= 0.3 is 0 Å². The van der Waals surface area contributed by atoms with Crippen LogP contribution in [0.5, 0.6) is 0 Å². The van der Waals surface area contributed by atoms with Crippen LogP contribution < -0.4 is 11.1 Å². The van der Waals surface area contributed by atoms with Crippen molar-refractivity contribution < 1.29 is 4.74 Å². The van der Waals surface area contributed by atoms with Crippen LogP contribution in [0.25, 0.3) is 0 Å². The third-order valence-electron chi connectivity index (χ3n) is 4.20. The van der Waals surface area contributed by atoms with Crippen LogP contribution in [0.4, 0.5) is 0 Å². The third-order valence-corrected chi connectivity index (χ3v) is 4.20. The van der Waals surface area contributed by atoms with Gasteiger partial charge in [0.1, 0.15) is 0 Å². The molecule has 4 unspecified atom stereocenters. The van der Waals surface area contributed by atoms with Gasteiger partial charge in [0, 0.05) is 11.5 Å².